The van der Waals surface area contributed by atoms with Crippen LogP contribution in [0.5, 0.6) is 0 Å². The van der Waals surface area contributed by atoms with Gasteiger partial charge < -0.3 is 10.1 Å². The van der Waals surface area contributed by atoms with E-state index in [4.69, 9.17) is 4.98 Å². The Morgan fingerprint density at radius 1 is 0.824 bits per heavy atom. The molecule has 0 saturated heterocycles. The van der Waals surface area contributed by atoms with Crippen LogP contribution < -0.4 is 0 Å². The molecule has 0 bridgehead atoms. The number of H-pyrrole nitrogens is 1. The Labute approximate surface area is 199 Å². The predicted molar refractivity (Wildman–Crippen MR) is 133 cm³/mol. The topological polar surface area (TPSA) is 111 Å². The van der Waals surface area contributed by atoms with Crippen molar-refractivity contribution >= 4 is 28.4 Å². The van der Waals surface area contributed by atoms with Gasteiger partial charge in [0.05, 0.1) is 16.8 Å². The molecule has 2 heterocycles. The molecular formula is C26H18N6OS. The number of allylic oxidation sites excluding steroid dienone is 1. The van der Waals surface area contributed by atoms with Gasteiger partial charge in [0.15, 0.2) is 5.82 Å². The van der Waals surface area contributed by atoms with Crippen LogP contribution in [0.2, 0.25) is 0 Å². The second kappa shape index (κ2) is 9.57. The van der Waals surface area contributed by atoms with Crippen LogP contribution in [0, 0.1) is 11.3 Å². The average Bonchev–Trinajstić information content (AvgIpc) is 3.32. The van der Waals surface area contributed by atoms with Crippen molar-refractivity contribution in [3.63, 3.8) is 0 Å². The van der Waals surface area contributed by atoms with Crippen molar-refractivity contribution in [2.45, 2.75) is 5.16 Å². The lowest BCUT2D eigenvalue weighted by atomic mass is 10.0. The molecule has 0 spiro atoms. The van der Waals surface area contributed by atoms with Crippen molar-refractivity contribution in [1.29, 1.82) is 5.26 Å². The minimum atomic E-state index is -0.108. The van der Waals surface area contributed by atoms with Crippen LogP contribution in [0.1, 0.15) is 5.82 Å². The number of aliphatic hydroxyl groups is 1. The second-order valence-corrected chi connectivity index (χ2v) is 8.29. The average molecular weight is 463 g/mol. The lowest BCUT2D eigenvalue weighted by molar-refractivity contribution is 0.420. The molecule has 0 radical (unpaired) electrons. The van der Waals surface area contributed by atoms with E-state index in [2.05, 4.69) is 20.2 Å². The maximum Gasteiger partial charge on any atom is 0.210 e. The number of fused-ring (bicyclic) bond motifs is 1. The first-order valence-corrected chi connectivity index (χ1v) is 11.5. The largest absolute Gasteiger partial charge is 0.510 e. The first-order valence-electron chi connectivity index (χ1n) is 10.5. The highest BCUT2D eigenvalue weighted by Crippen LogP contribution is 2.30. The zero-order valence-corrected chi connectivity index (χ0v) is 18.7. The monoisotopic (exact) mass is 462 g/mol. The number of aromatic nitrogens is 5. The Morgan fingerprint density at radius 3 is 2.15 bits per heavy atom. The fourth-order valence-corrected chi connectivity index (χ4v) is 4.15. The number of nitriles is 1. The number of benzene rings is 3. The van der Waals surface area contributed by atoms with E-state index in [0.29, 0.717) is 22.4 Å². The van der Waals surface area contributed by atoms with Crippen molar-refractivity contribution in [2.24, 2.45) is 0 Å². The molecule has 164 valence electrons. The summed E-state index contributed by atoms with van der Waals surface area (Å²) in [6.07, 6.45) is 0. The van der Waals surface area contributed by atoms with Crippen molar-refractivity contribution in [3.8, 4) is 28.6 Å². The summed E-state index contributed by atoms with van der Waals surface area (Å²) in [5.74, 6) is 0.314. The van der Waals surface area contributed by atoms with Gasteiger partial charge in [-0.25, -0.2) is 9.97 Å². The van der Waals surface area contributed by atoms with E-state index in [1.54, 1.807) is 0 Å². The molecule has 7 nitrogen and oxygen atoms in total. The molecule has 5 rings (SSSR count). The first-order chi connectivity index (χ1) is 16.7. The van der Waals surface area contributed by atoms with Crippen molar-refractivity contribution < 1.29 is 5.11 Å². The highest BCUT2D eigenvalue weighted by Gasteiger charge is 2.16. The van der Waals surface area contributed by atoms with Crippen molar-refractivity contribution in [1.82, 2.24) is 25.1 Å². The molecule has 0 saturated carbocycles. The minimum Gasteiger partial charge on any atom is -0.510 e. The maximum atomic E-state index is 10.7. The number of nitrogens with one attached hydrogen (secondary N) is 1. The summed E-state index contributed by atoms with van der Waals surface area (Å²) in [7, 11) is 0. The fraction of sp³-hybridized carbons (Fsp3) is 0.0385. The lowest BCUT2D eigenvalue weighted by Crippen LogP contribution is -2.01. The van der Waals surface area contributed by atoms with Gasteiger partial charge in [0.1, 0.15) is 28.8 Å². The van der Waals surface area contributed by atoms with Crippen molar-refractivity contribution in [2.75, 3.05) is 5.75 Å². The Hall–Kier alpha value is -4.48. The van der Waals surface area contributed by atoms with Crippen LogP contribution >= 0.6 is 11.8 Å². The molecule has 0 unspecified atom stereocenters. The zero-order chi connectivity index (χ0) is 23.3. The van der Waals surface area contributed by atoms with Crippen molar-refractivity contribution in [3.05, 3.63) is 96.5 Å². The number of hydrogen-bond acceptors (Lipinski definition) is 7. The van der Waals surface area contributed by atoms with Crippen LogP contribution in [0.3, 0.4) is 0 Å². The number of para-hydroxylation sites is 2. The van der Waals surface area contributed by atoms with E-state index < -0.39 is 0 Å². The fourth-order valence-electron chi connectivity index (χ4n) is 3.49. The number of aliphatic hydroxyl groups excluding tert-OH is 1. The third-order valence-corrected chi connectivity index (χ3v) is 5.98. The van der Waals surface area contributed by atoms with Gasteiger partial charge >= 0.3 is 0 Å². The summed E-state index contributed by atoms with van der Waals surface area (Å²) in [4.78, 5) is 12.2. The summed E-state index contributed by atoms with van der Waals surface area (Å²) in [5.41, 5.74) is 4.81. The number of thioether (sulfide) groups is 1. The molecule has 2 N–H and O–H groups in total. The lowest BCUT2D eigenvalue weighted by Gasteiger charge is -2.09. The molecular weight excluding hydrogens is 444 g/mol. The molecule has 0 aliphatic rings. The molecule has 0 aliphatic heterocycles. The number of aromatic amines is 1. The van der Waals surface area contributed by atoms with Gasteiger partial charge in [0.2, 0.25) is 5.16 Å². The van der Waals surface area contributed by atoms with E-state index in [1.807, 2.05) is 91.0 Å². The molecule has 5 aromatic rings. The van der Waals surface area contributed by atoms with Crippen LogP contribution in [-0.4, -0.2) is 36.0 Å². The summed E-state index contributed by atoms with van der Waals surface area (Å²) in [6, 6.07) is 29.0. The smallest absolute Gasteiger partial charge is 0.210 e. The summed E-state index contributed by atoms with van der Waals surface area (Å²) >= 11 is 1.20. The minimum absolute atomic E-state index is 0.0841. The molecule has 0 amide bonds. The SMILES string of the molecule is N#CC(=C(O)CSc1nnc(-c2ccccc2)c(-c2ccccc2)n1)c1nc2ccccc2[nH]1. The van der Waals surface area contributed by atoms with Crippen LogP contribution in [0.4, 0.5) is 0 Å². The molecule has 8 heteroatoms. The van der Waals surface area contributed by atoms with Crippen LogP contribution in [0.25, 0.3) is 39.1 Å². The summed E-state index contributed by atoms with van der Waals surface area (Å²) < 4.78 is 0. The summed E-state index contributed by atoms with van der Waals surface area (Å²) in [6.45, 7) is 0. The van der Waals surface area contributed by atoms with Crippen LogP contribution in [0.15, 0.2) is 95.8 Å². The standard InChI is InChI=1S/C26H18N6OS/c27-15-19(25-28-20-13-7-8-14-21(20)29-25)22(33)16-34-26-30-23(17-9-3-1-4-10-17)24(31-32-26)18-11-5-2-6-12-18/h1-14,33H,16H2,(H,28,29). The van der Waals surface area contributed by atoms with Gasteiger partial charge in [-0.3, -0.25) is 0 Å². The van der Waals surface area contributed by atoms with Crippen LogP contribution in [-0.2, 0) is 0 Å². The molecule has 2 aromatic heterocycles. The number of rotatable bonds is 6. The Morgan fingerprint density at radius 2 is 1.47 bits per heavy atom. The van der Waals surface area contributed by atoms with Gasteiger partial charge in [0.25, 0.3) is 0 Å². The number of hydrogen-bond donors (Lipinski definition) is 2. The molecule has 34 heavy (non-hydrogen) atoms. The Kier molecular flexibility index (Phi) is 6.01. The van der Waals surface area contributed by atoms with Gasteiger partial charge in [-0.2, -0.15) is 5.26 Å². The first kappa shape index (κ1) is 21.4. The van der Waals surface area contributed by atoms with Gasteiger partial charge in [0, 0.05) is 11.1 Å². The van der Waals surface area contributed by atoms with E-state index >= 15 is 0 Å². The summed E-state index contributed by atoms with van der Waals surface area (Å²) in [5, 5.41) is 29.4. The zero-order valence-electron chi connectivity index (χ0n) is 17.9. The highest BCUT2D eigenvalue weighted by molar-refractivity contribution is 7.99. The van der Waals surface area contributed by atoms with Gasteiger partial charge in [-0.05, 0) is 12.1 Å². The predicted octanol–water partition coefficient (Wildman–Crippen LogP) is 5.67. The molecule has 0 atom stereocenters. The van der Waals surface area contributed by atoms with E-state index in [1.165, 1.54) is 11.8 Å². The number of imidazole rings is 1. The Bertz CT molecular complexity index is 1490. The second-order valence-electron chi connectivity index (χ2n) is 7.35. The quantitative estimate of drug-likeness (QED) is 0.190. The number of nitrogens with zero attached hydrogens (tertiary/aromatic N) is 5. The molecule has 0 aliphatic carbocycles. The van der Waals surface area contributed by atoms with Gasteiger partial charge in [-0.1, -0.05) is 84.6 Å². The highest BCUT2D eigenvalue weighted by atomic mass is 32.2. The van der Waals surface area contributed by atoms with E-state index in [-0.39, 0.29) is 17.1 Å². The van der Waals surface area contributed by atoms with E-state index in [0.717, 1.165) is 22.2 Å². The Balaban J connectivity index is 1.46. The molecule has 3 aromatic carbocycles. The third-order valence-electron chi connectivity index (χ3n) is 5.13. The third kappa shape index (κ3) is 4.37. The normalized spacial score (nSPS) is 11.7. The maximum absolute atomic E-state index is 10.7. The van der Waals surface area contributed by atoms with E-state index in [9.17, 15) is 10.4 Å². The molecule has 0 fully saturated rings. The van der Waals surface area contributed by atoms with Gasteiger partial charge in [-0.15, -0.1) is 10.2 Å².